The molecular formula is C26H27NO7S. The Morgan fingerprint density at radius 2 is 1.83 bits per heavy atom. The van der Waals surface area contributed by atoms with E-state index in [1.807, 2.05) is 17.5 Å². The first-order valence-electron chi connectivity index (χ1n) is 11.0. The van der Waals surface area contributed by atoms with Gasteiger partial charge in [-0.2, -0.15) is 0 Å². The number of esters is 2. The zero-order valence-corrected chi connectivity index (χ0v) is 21.0. The van der Waals surface area contributed by atoms with Crippen molar-refractivity contribution in [3.63, 3.8) is 0 Å². The quantitative estimate of drug-likeness (QED) is 0.476. The van der Waals surface area contributed by atoms with E-state index < -0.39 is 29.6 Å². The Hall–Kier alpha value is -3.59. The largest absolute Gasteiger partial charge is 0.497 e. The molecule has 1 N–H and O–H groups in total. The maximum atomic E-state index is 14.1. The van der Waals surface area contributed by atoms with Crippen LogP contribution < -0.4 is 14.8 Å². The van der Waals surface area contributed by atoms with Gasteiger partial charge in [0.25, 0.3) is 0 Å². The summed E-state index contributed by atoms with van der Waals surface area (Å²) >= 11 is 1.49. The van der Waals surface area contributed by atoms with E-state index in [1.54, 1.807) is 25.1 Å². The van der Waals surface area contributed by atoms with Crippen LogP contribution in [0.2, 0.25) is 0 Å². The summed E-state index contributed by atoms with van der Waals surface area (Å²) in [5.41, 5.74) is 2.38. The smallest absolute Gasteiger partial charge is 0.336 e. The Kier molecular flexibility index (Phi) is 6.98. The molecule has 1 aliphatic carbocycles. The first-order chi connectivity index (χ1) is 16.9. The summed E-state index contributed by atoms with van der Waals surface area (Å²) in [6.45, 7) is 1.77. The predicted molar refractivity (Wildman–Crippen MR) is 129 cm³/mol. The van der Waals surface area contributed by atoms with Gasteiger partial charge >= 0.3 is 11.9 Å². The van der Waals surface area contributed by atoms with E-state index in [-0.39, 0.29) is 11.5 Å². The lowest BCUT2D eigenvalue weighted by molar-refractivity contribution is -0.149. The molecule has 0 saturated heterocycles. The van der Waals surface area contributed by atoms with Crippen molar-refractivity contribution in [1.82, 2.24) is 5.32 Å². The number of Topliss-reactive ketones (excluding diaryl/α,β-unsaturated/α-hetero) is 1. The van der Waals surface area contributed by atoms with Crippen molar-refractivity contribution >= 4 is 29.1 Å². The minimum atomic E-state index is -1.05. The molecule has 0 radical (unpaired) electrons. The summed E-state index contributed by atoms with van der Waals surface area (Å²) in [4.78, 5) is 41.0. The van der Waals surface area contributed by atoms with E-state index >= 15 is 0 Å². The van der Waals surface area contributed by atoms with Crippen LogP contribution in [0.4, 0.5) is 0 Å². The van der Waals surface area contributed by atoms with Gasteiger partial charge in [-0.15, -0.1) is 11.3 Å². The second-order valence-corrected chi connectivity index (χ2v) is 9.26. The van der Waals surface area contributed by atoms with Crippen molar-refractivity contribution in [2.24, 2.45) is 5.92 Å². The SMILES string of the molecule is COC(=O)C1=C(C)NC2=C(C(=O)[C@H](C(=O)OC)[C@@H](c3cccs3)C2)[C@@H]1c1cc(OC)ccc1OC. The summed E-state index contributed by atoms with van der Waals surface area (Å²) in [5.74, 6) is -2.84. The third-order valence-electron chi connectivity index (χ3n) is 6.54. The van der Waals surface area contributed by atoms with Crippen LogP contribution in [0.5, 0.6) is 11.5 Å². The van der Waals surface area contributed by atoms with Crippen LogP contribution in [0.15, 0.2) is 58.3 Å². The van der Waals surface area contributed by atoms with Gasteiger partial charge in [-0.1, -0.05) is 6.07 Å². The molecule has 8 nitrogen and oxygen atoms in total. The van der Waals surface area contributed by atoms with Crippen molar-refractivity contribution < 1.29 is 33.3 Å². The van der Waals surface area contributed by atoms with Gasteiger partial charge in [-0.05, 0) is 43.0 Å². The predicted octanol–water partition coefficient (Wildman–Crippen LogP) is 3.70. The molecular weight excluding hydrogens is 470 g/mol. The summed E-state index contributed by atoms with van der Waals surface area (Å²) in [6, 6.07) is 9.00. The summed E-state index contributed by atoms with van der Waals surface area (Å²) in [7, 11) is 5.62. The molecule has 0 saturated carbocycles. The fourth-order valence-corrected chi connectivity index (χ4v) is 5.82. The minimum absolute atomic E-state index is 0.268. The normalized spacial score (nSPS) is 21.7. The molecule has 9 heteroatoms. The molecule has 1 aliphatic heterocycles. The molecule has 2 heterocycles. The highest BCUT2D eigenvalue weighted by molar-refractivity contribution is 7.10. The molecule has 0 spiro atoms. The zero-order valence-electron chi connectivity index (χ0n) is 20.2. The van der Waals surface area contributed by atoms with Crippen molar-refractivity contribution in [3.8, 4) is 11.5 Å². The van der Waals surface area contributed by atoms with Crippen molar-refractivity contribution in [3.05, 3.63) is 68.7 Å². The molecule has 0 amide bonds. The molecule has 1 aromatic heterocycles. The Morgan fingerprint density at radius 1 is 1.06 bits per heavy atom. The lowest BCUT2D eigenvalue weighted by Crippen LogP contribution is -2.43. The molecule has 0 unspecified atom stereocenters. The molecule has 2 aliphatic rings. The number of ketones is 1. The number of hydrogen-bond acceptors (Lipinski definition) is 9. The second-order valence-electron chi connectivity index (χ2n) is 8.28. The number of benzene rings is 1. The number of hydrogen-bond donors (Lipinski definition) is 1. The molecule has 0 fully saturated rings. The van der Waals surface area contributed by atoms with Crippen LogP contribution in [0.25, 0.3) is 0 Å². The number of rotatable bonds is 6. The lowest BCUT2D eigenvalue weighted by atomic mass is 9.68. The molecule has 184 valence electrons. The van der Waals surface area contributed by atoms with E-state index in [0.29, 0.717) is 40.5 Å². The van der Waals surface area contributed by atoms with E-state index in [1.165, 1.54) is 39.8 Å². The number of dihydropyridines is 1. The van der Waals surface area contributed by atoms with Gasteiger partial charge in [-0.3, -0.25) is 9.59 Å². The van der Waals surface area contributed by atoms with Crippen LogP contribution in [-0.4, -0.2) is 46.2 Å². The maximum Gasteiger partial charge on any atom is 0.336 e. The fourth-order valence-electron chi connectivity index (χ4n) is 4.96. The number of methoxy groups -OCH3 is 4. The van der Waals surface area contributed by atoms with Gasteiger partial charge in [-0.25, -0.2) is 4.79 Å². The van der Waals surface area contributed by atoms with Crippen LogP contribution in [0, 0.1) is 5.92 Å². The summed E-state index contributed by atoms with van der Waals surface area (Å²) in [6.07, 6.45) is 0.399. The molecule has 4 rings (SSSR count). The van der Waals surface area contributed by atoms with Gasteiger partial charge in [0.1, 0.15) is 17.4 Å². The number of ether oxygens (including phenoxy) is 4. The molecule has 0 bridgehead atoms. The Balaban J connectivity index is 1.97. The summed E-state index contributed by atoms with van der Waals surface area (Å²) in [5, 5.41) is 5.18. The topological polar surface area (TPSA) is 100 Å². The van der Waals surface area contributed by atoms with E-state index in [9.17, 15) is 14.4 Å². The first kappa shape index (κ1) is 24.5. The highest BCUT2D eigenvalue weighted by atomic mass is 32.1. The number of allylic oxidation sites excluding steroid dienone is 3. The molecule has 2 aromatic rings. The van der Waals surface area contributed by atoms with Crippen LogP contribution >= 0.6 is 11.3 Å². The molecule has 3 atom stereocenters. The van der Waals surface area contributed by atoms with Crippen molar-refractivity contribution in [2.75, 3.05) is 28.4 Å². The minimum Gasteiger partial charge on any atom is -0.497 e. The first-order valence-corrected chi connectivity index (χ1v) is 11.9. The number of thiophene rings is 1. The standard InChI is InChI=1S/C26H27NO7S/c1-13-20(25(29)33-4)21(15-11-14(31-2)8-9-18(15)32-3)23-17(27-13)12-16(19-7-6-10-35-19)22(24(23)28)26(30)34-5/h6-11,16,21-22,27H,12H2,1-5H3/t16-,21-,22-/m1/s1. The lowest BCUT2D eigenvalue weighted by Gasteiger charge is -2.39. The third kappa shape index (κ3) is 4.20. The Bertz CT molecular complexity index is 1230. The highest BCUT2D eigenvalue weighted by Crippen LogP contribution is 2.50. The average Bonchev–Trinajstić information content (AvgIpc) is 3.41. The van der Waals surface area contributed by atoms with E-state index in [0.717, 1.165) is 4.88 Å². The van der Waals surface area contributed by atoms with E-state index in [2.05, 4.69) is 5.32 Å². The monoisotopic (exact) mass is 497 g/mol. The van der Waals surface area contributed by atoms with E-state index in [4.69, 9.17) is 18.9 Å². The van der Waals surface area contributed by atoms with Crippen LogP contribution in [0.1, 0.15) is 35.6 Å². The molecule has 35 heavy (non-hydrogen) atoms. The van der Waals surface area contributed by atoms with Gasteiger partial charge < -0.3 is 24.3 Å². The average molecular weight is 498 g/mol. The van der Waals surface area contributed by atoms with Crippen LogP contribution in [0.3, 0.4) is 0 Å². The number of carbonyl (C=O) groups is 3. The van der Waals surface area contributed by atoms with Gasteiger partial charge in [0.15, 0.2) is 5.78 Å². The Labute approximate surface area is 207 Å². The fraction of sp³-hybridized carbons (Fsp3) is 0.346. The maximum absolute atomic E-state index is 14.1. The van der Waals surface area contributed by atoms with Gasteiger partial charge in [0.05, 0.1) is 39.9 Å². The number of nitrogens with one attached hydrogen (secondary N) is 1. The molecule has 1 aromatic carbocycles. The second kappa shape index (κ2) is 9.95. The van der Waals surface area contributed by atoms with Crippen molar-refractivity contribution in [2.45, 2.75) is 25.2 Å². The Morgan fingerprint density at radius 3 is 2.43 bits per heavy atom. The van der Waals surface area contributed by atoms with Gasteiger partial charge in [0.2, 0.25) is 0 Å². The third-order valence-corrected chi connectivity index (χ3v) is 7.54. The number of carbonyl (C=O) groups excluding carboxylic acids is 3. The highest BCUT2D eigenvalue weighted by Gasteiger charge is 2.49. The van der Waals surface area contributed by atoms with Gasteiger partial charge in [0, 0.05) is 33.3 Å². The van der Waals surface area contributed by atoms with Crippen molar-refractivity contribution in [1.29, 1.82) is 0 Å². The summed E-state index contributed by atoms with van der Waals surface area (Å²) < 4.78 is 21.2. The zero-order chi connectivity index (χ0) is 25.3. The van der Waals surface area contributed by atoms with Crippen LogP contribution in [-0.2, 0) is 23.9 Å².